The van der Waals surface area contributed by atoms with E-state index in [1.165, 1.54) is 9.80 Å². The van der Waals surface area contributed by atoms with Crippen LogP contribution in [-0.2, 0) is 28.8 Å². The zero-order valence-electron chi connectivity index (χ0n) is 17.6. The Kier molecular flexibility index (Phi) is 7.31. The first-order valence-corrected chi connectivity index (χ1v) is 10.8. The average molecular weight is 452 g/mol. The SMILES string of the molecule is O=C(O)CC[C@@H]1NC(=O)[C@@H]2CCCN2C(=O)[C@@H](CCC(=O)O)NC(=O)[C@@H]2CCCN2C1=O. The maximum Gasteiger partial charge on any atom is 0.303 e. The summed E-state index contributed by atoms with van der Waals surface area (Å²) < 4.78 is 0. The van der Waals surface area contributed by atoms with Gasteiger partial charge in [-0.05, 0) is 38.5 Å². The van der Waals surface area contributed by atoms with Crippen LogP contribution in [0, 0.1) is 0 Å². The highest BCUT2D eigenvalue weighted by atomic mass is 16.4. The summed E-state index contributed by atoms with van der Waals surface area (Å²) in [5.74, 6) is -4.41. The molecule has 0 bridgehead atoms. The molecular formula is C20H28N4O8. The Morgan fingerprint density at radius 3 is 1.47 bits per heavy atom. The number of nitrogens with one attached hydrogen (secondary N) is 2. The molecule has 4 N–H and O–H groups in total. The first kappa shape index (κ1) is 23.5. The highest BCUT2D eigenvalue weighted by Crippen LogP contribution is 2.24. The molecule has 0 unspecified atom stereocenters. The van der Waals surface area contributed by atoms with Gasteiger partial charge in [-0.25, -0.2) is 0 Å². The molecule has 3 rings (SSSR count). The van der Waals surface area contributed by atoms with Crippen LogP contribution < -0.4 is 10.6 Å². The maximum atomic E-state index is 13.2. The number of carboxylic acids is 2. The van der Waals surface area contributed by atoms with Crippen LogP contribution in [0.3, 0.4) is 0 Å². The molecule has 32 heavy (non-hydrogen) atoms. The van der Waals surface area contributed by atoms with Crippen LogP contribution in [-0.4, -0.2) is 92.8 Å². The molecule has 0 aromatic rings. The van der Waals surface area contributed by atoms with Gasteiger partial charge in [-0.3, -0.25) is 28.8 Å². The van der Waals surface area contributed by atoms with E-state index in [9.17, 15) is 28.8 Å². The number of amides is 4. The predicted octanol–water partition coefficient (Wildman–Crippen LogP) is -1.32. The van der Waals surface area contributed by atoms with E-state index in [0.29, 0.717) is 25.7 Å². The largest absolute Gasteiger partial charge is 0.481 e. The molecule has 12 heteroatoms. The summed E-state index contributed by atoms with van der Waals surface area (Å²) in [7, 11) is 0. The van der Waals surface area contributed by atoms with Gasteiger partial charge in [0.1, 0.15) is 24.2 Å². The van der Waals surface area contributed by atoms with Crippen molar-refractivity contribution < 1.29 is 39.0 Å². The Hall–Kier alpha value is -3.18. The zero-order valence-corrected chi connectivity index (χ0v) is 17.6. The number of hydrogen-bond acceptors (Lipinski definition) is 6. The molecule has 0 aromatic heterocycles. The van der Waals surface area contributed by atoms with Crippen molar-refractivity contribution in [3.8, 4) is 0 Å². The van der Waals surface area contributed by atoms with Gasteiger partial charge >= 0.3 is 11.9 Å². The van der Waals surface area contributed by atoms with E-state index in [4.69, 9.17) is 10.2 Å². The summed E-state index contributed by atoms with van der Waals surface area (Å²) >= 11 is 0. The Bertz CT molecular complexity index is 749. The number of rotatable bonds is 6. The fraction of sp³-hybridized carbons (Fsp3) is 0.700. The molecule has 4 amide bonds. The topological polar surface area (TPSA) is 173 Å². The maximum absolute atomic E-state index is 13.2. The third-order valence-corrected chi connectivity index (χ3v) is 6.20. The monoisotopic (exact) mass is 452 g/mol. The second-order valence-electron chi connectivity index (χ2n) is 8.37. The van der Waals surface area contributed by atoms with Crippen molar-refractivity contribution in [3.05, 3.63) is 0 Å². The smallest absolute Gasteiger partial charge is 0.303 e. The molecule has 3 heterocycles. The molecule has 0 saturated carbocycles. The first-order chi connectivity index (χ1) is 15.2. The minimum absolute atomic E-state index is 0.132. The van der Waals surface area contributed by atoms with Gasteiger partial charge in [-0.2, -0.15) is 0 Å². The van der Waals surface area contributed by atoms with Crippen LogP contribution >= 0.6 is 0 Å². The summed E-state index contributed by atoms with van der Waals surface area (Å²) in [6.07, 6.45) is 0.821. The average Bonchev–Trinajstić information content (AvgIpc) is 3.41. The summed E-state index contributed by atoms with van der Waals surface area (Å²) in [5, 5.41) is 23.3. The van der Waals surface area contributed by atoms with Gasteiger partial charge in [0.2, 0.25) is 23.6 Å². The van der Waals surface area contributed by atoms with Gasteiger partial charge in [0, 0.05) is 25.9 Å². The number of nitrogens with zero attached hydrogens (tertiary/aromatic N) is 2. The minimum atomic E-state index is -1.12. The van der Waals surface area contributed by atoms with Crippen molar-refractivity contribution in [3.63, 3.8) is 0 Å². The van der Waals surface area contributed by atoms with Crippen LogP contribution in [0.25, 0.3) is 0 Å². The lowest BCUT2D eigenvalue weighted by Crippen LogP contribution is -2.61. The van der Waals surface area contributed by atoms with Crippen molar-refractivity contribution in [1.29, 1.82) is 0 Å². The van der Waals surface area contributed by atoms with Crippen molar-refractivity contribution in [1.82, 2.24) is 20.4 Å². The summed E-state index contributed by atoms with van der Waals surface area (Å²) in [6, 6.07) is -3.99. The molecule has 3 fully saturated rings. The number of carbonyl (C=O) groups is 6. The van der Waals surface area contributed by atoms with E-state index < -0.39 is 59.7 Å². The Morgan fingerprint density at radius 2 is 1.12 bits per heavy atom. The predicted molar refractivity (Wildman–Crippen MR) is 107 cm³/mol. The number of aliphatic carboxylic acids is 2. The fourth-order valence-corrected chi connectivity index (χ4v) is 4.59. The molecule has 0 spiro atoms. The number of carbonyl (C=O) groups excluding carboxylic acids is 4. The Labute approximate surface area is 184 Å². The third kappa shape index (κ3) is 5.17. The van der Waals surface area contributed by atoms with Crippen LogP contribution in [0.5, 0.6) is 0 Å². The third-order valence-electron chi connectivity index (χ3n) is 6.20. The lowest BCUT2D eigenvalue weighted by Gasteiger charge is -2.34. The molecule has 176 valence electrons. The quantitative estimate of drug-likeness (QED) is 0.384. The number of hydrogen-bond donors (Lipinski definition) is 4. The van der Waals surface area contributed by atoms with Crippen LogP contribution in [0.2, 0.25) is 0 Å². The lowest BCUT2D eigenvalue weighted by atomic mass is 10.0. The van der Waals surface area contributed by atoms with Crippen LogP contribution in [0.1, 0.15) is 51.4 Å². The van der Waals surface area contributed by atoms with Crippen LogP contribution in [0.4, 0.5) is 0 Å². The van der Waals surface area contributed by atoms with Crippen molar-refractivity contribution >= 4 is 35.6 Å². The van der Waals surface area contributed by atoms with E-state index in [0.717, 1.165) is 0 Å². The summed E-state index contributed by atoms with van der Waals surface area (Å²) in [5.41, 5.74) is 0. The van der Waals surface area contributed by atoms with E-state index in [1.807, 2.05) is 0 Å². The van der Waals surface area contributed by atoms with Crippen molar-refractivity contribution in [2.75, 3.05) is 13.1 Å². The molecule has 3 saturated heterocycles. The van der Waals surface area contributed by atoms with E-state index in [2.05, 4.69) is 10.6 Å². The summed E-state index contributed by atoms with van der Waals surface area (Å²) in [4.78, 5) is 77.1. The van der Waals surface area contributed by atoms with E-state index in [1.54, 1.807) is 0 Å². The Balaban J connectivity index is 1.93. The second kappa shape index (κ2) is 9.96. The standard InChI is InChI=1S/C20H28N4O8/c25-15(26)7-5-11-19(31)23-9-1-3-13(23)17(29)21-12(6-8-16(27)28)20(32)24-10-2-4-14(24)18(30)22-11/h11-14H,1-10H2,(H,21,29)(H,22,30)(H,25,26)(H,27,28)/t11-,12+,13-,14-/m0/s1. The van der Waals surface area contributed by atoms with E-state index >= 15 is 0 Å². The lowest BCUT2D eigenvalue weighted by molar-refractivity contribution is -0.147. The zero-order chi connectivity index (χ0) is 23.4. The second-order valence-corrected chi connectivity index (χ2v) is 8.37. The van der Waals surface area contributed by atoms with Crippen molar-refractivity contribution in [2.24, 2.45) is 0 Å². The summed E-state index contributed by atoms with van der Waals surface area (Å²) in [6.45, 7) is 0.527. The van der Waals surface area contributed by atoms with Gasteiger partial charge in [0.25, 0.3) is 0 Å². The molecule has 12 nitrogen and oxygen atoms in total. The molecule has 3 aliphatic rings. The van der Waals surface area contributed by atoms with E-state index in [-0.39, 0.29) is 38.8 Å². The normalized spacial score (nSPS) is 28.9. The first-order valence-electron chi connectivity index (χ1n) is 10.8. The number of carboxylic acid groups (broad SMARTS) is 2. The Morgan fingerprint density at radius 1 is 0.750 bits per heavy atom. The van der Waals surface area contributed by atoms with Gasteiger partial charge < -0.3 is 30.6 Å². The van der Waals surface area contributed by atoms with Gasteiger partial charge in [0.05, 0.1) is 0 Å². The minimum Gasteiger partial charge on any atom is -0.481 e. The molecule has 0 aromatic carbocycles. The molecule has 0 radical (unpaired) electrons. The molecule has 4 atom stereocenters. The molecule has 0 aliphatic carbocycles. The van der Waals surface area contributed by atoms with Crippen molar-refractivity contribution in [2.45, 2.75) is 75.5 Å². The van der Waals surface area contributed by atoms with Crippen LogP contribution in [0.15, 0.2) is 0 Å². The van der Waals surface area contributed by atoms with Gasteiger partial charge in [-0.1, -0.05) is 0 Å². The van der Waals surface area contributed by atoms with Gasteiger partial charge in [-0.15, -0.1) is 0 Å². The highest BCUT2D eigenvalue weighted by molar-refractivity contribution is 5.98. The molecule has 3 aliphatic heterocycles. The van der Waals surface area contributed by atoms with Gasteiger partial charge in [0.15, 0.2) is 0 Å². The highest BCUT2D eigenvalue weighted by Gasteiger charge is 2.43. The molecular weight excluding hydrogens is 424 g/mol. The number of fused-ring (bicyclic) bond motifs is 2. The fourth-order valence-electron chi connectivity index (χ4n) is 4.59.